The van der Waals surface area contributed by atoms with Gasteiger partial charge in [-0.1, -0.05) is 24.3 Å². The molecule has 116 valence electrons. The molecule has 22 heavy (non-hydrogen) atoms. The van der Waals surface area contributed by atoms with Gasteiger partial charge in [0.05, 0.1) is 0 Å². The van der Waals surface area contributed by atoms with E-state index in [0.717, 1.165) is 33.7 Å². The van der Waals surface area contributed by atoms with Crippen LogP contribution in [-0.4, -0.2) is 12.8 Å². The highest BCUT2D eigenvalue weighted by Gasteiger charge is 2.05. The van der Waals surface area contributed by atoms with E-state index < -0.39 is 0 Å². The molecule has 4 heteroatoms. The van der Waals surface area contributed by atoms with Crippen molar-refractivity contribution in [2.75, 3.05) is 12.0 Å². The molecule has 0 aromatic heterocycles. The second-order valence-electron chi connectivity index (χ2n) is 5.44. The van der Waals surface area contributed by atoms with Gasteiger partial charge in [-0.2, -0.15) is 0 Å². The average molecular weight is 298 g/mol. The predicted octanol–water partition coefficient (Wildman–Crippen LogP) is 4.08. The quantitative estimate of drug-likeness (QED) is 0.836. The maximum Gasteiger partial charge on any atom is 0.321 e. The first-order valence-corrected chi connectivity index (χ1v) is 7.28. The molecule has 2 aromatic carbocycles. The highest BCUT2D eigenvalue weighted by atomic mass is 16.5. The zero-order chi connectivity index (χ0) is 16.1. The number of ether oxygens (including phenoxy) is 1. The molecule has 0 fully saturated rings. The lowest BCUT2D eigenvalue weighted by Gasteiger charge is -2.13. The third-order valence-corrected chi connectivity index (χ3v) is 3.66. The van der Waals surface area contributed by atoms with E-state index in [1.165, 1.54) is 0 Å². The van der Waals surface area contributed by atoms with E-state index in [9.17, 15) is 4.79 Å². The van der Waals surface area contributed by atoms with Crippen molar-refractivity contribution in [2.24, 2.45) is 0 Å². The summed E-state index contributed by atoms with van der Waals surface area (Å²) in [5, 5.41) is 5.53. The summed E-state index contributed by atoms with van der Waals surface area (Å²) in [7, 11) is 0. The highest BCUT2D eigenvalue weighted by Crippen LogP contribution is 2.20. The SMILES string of the molecule is Cc1ccc(C)c(NC(=O)NCOc2cccc(C)c2C)c1. The largest absolute Gasteiger partial charge is 0.473 e. The van der Waals surface area contributed by atoms with Gasteiger partial charge >= 0.3 is 6.03 Å². The lowest BCUT2D eigenvalue weighted by molar-refractivity contribution is 0.234. The van der Waals surface area contributed by atoms with Crippen molar-refractivity contribution in [3.63, 3.8) is 0 Å². The van der Waals surface area contributed by atoms with Gasteiger partial charge in [-0.3, -0.25) is 0 Å². The summed E-state index contributed by atoms with van der Waals surface area (Å²) < 4.78 is 5.61. The normalized spacial score (nSPS) is 10.2. The van der Waals surface area contributed by atoms with Gasteiger partial charge in [0, 0.05) is 5.69 Å². The Morgan fingerprint density at radius 2 is 1.82 bits per heavy atom. The van der Waals surface area contributed by atoms with Crippen LogP contribution in [0, 0.1) is 27.7 Å². The van der Waals surface area contributed by atoms with Gasteiger partial charge in [0.1, 0.15) is 5.75 Å². The molecule has 0 atom stereocenters. The van der Waals surface area contributed by atoms with E-state index >= 15 is 0 Å². The maximum absolute atomic E-state index is 11.9. The van der Waals surface area contributed by atoms with Crippen molar-refractivity contribution in [2.45, 2.75) is 27.7 Å². The number of amides is 2. The Kier molecular flexibility index (Phi) is 5.04. The number of hydrogen-bond acceptors (Lipinski definition) is 2. The van der Waals surface area contributed by atoms with Crippen LogP contribution < -0.4 is 15.4 Å². The van der Waals surface area contributed by atoms with Gasteiger partial charge in [0.15, 0.2) is 6.73 Å². The number of hydrogen-bond donors (Lipinski definition) is 2. The summed E-state index contributed by atoms with van der Waals surface area (Å²) in [5.41, 5.74) is 5.18. The van der Waals surface area contributed by atoms with Crippen molar-refractivity contribution in [1.82, 2.24) is 5.32 Å². The van der Waals surface area contributed by atoms with Crippen molar-refractivity contribution >= 4 is 11.7 Å². The molecule has 0 saturated heterocycles. The Morgan fingerprint density at radius 1 is 1.05 bits per heavy atom. The standard InChI is InChI=1S/C18H22N2O2/c1-12-8-9-14(3)16(10-12)20-18(21)19-11-22-17-7-5-6-13(2)15(17)4/h5-10H,11H2,1-4H3,(H2,19,20,21). The molecule has 0 aliphatic heterocycles. The average Bonchev–Trinajstić information content (AvgIpc) is 2.47. The van der Waals surface area contributed by atoms with Crippen molar-refractivity contribution in [3.8, 4) is 5.75 Å². The number of aryl methyl sites for hydroxylation is 3. The molecule has 0 aliphatic carbocycles. The van der Waals surface area contributed by atoms with Gasteiger partial charge in [-0.05, 0) is 62.1 Å². The molecule has 0 radical (unpaired) electrons. The summed E-state index contributed by atoms with van der Waals surface area (Å²) in [6.07, 6.45) is 0. The van der Waals surface area contributed by atoms with Crippen LogP contribution in [-0.2, 0) is 0 Å². The molecular weight excluding hydrogens is 276 g/mol. The minimum Gasteiger partial charge on any atom is -0.473 e. The number of rotatable bonds is 4. The number of carbonyl (C=O) groups is 1. The van der Waals surface area contributed by atoms with E-state index in [4.69, 9.17) is 4.74 Å². The fraction of sp³-hybridized carbons (Fsp3) is 0.278. The number of nitrogens with one attached hydrogen (secondary N) is 2. The molecule has 2 N–H and O–H groups in total. The smallest absolute Gasteiger partial charge is 0.321 e. The summed E-state index contributed by atoms with van der Waals surface area (Å²) in [6.45, 7) is 8.11. The number of anilines is 1. The Hall–Kier alpha value is -2.49. The maximum atomic E-state index is 11.9. The Balaban J connectivity index is 1.88. The molecule has 0 spiro atoms. The number of benzene rings is 2. The van der Waals surface area contributed by atoms with Gasteiger partial charge in [0.25, 0.3) is 0 Å². The van der Waals surface area contributed by atoms with Gasteiger partial charge in [-0.25, -0.2) is 4.79 Å². The van der Waals surface area contributed by atoms with Crippen LogP contribution in [0.25, 0.3) is 0 Å². The summed E-state index contributed by atoms with van der Waals surface area (Å²) in [4.78, 5) is 11.9. The van der Waals surface area contributed by atoms with Crippen molar-refractivity contribution in [1.29, 1.82) is 0 Å². The molecular formula is C18H22N2O2. The van der Waals surface area contributed by atoms with Gasteiger partial charge in [0.2, 0.25) is 0 Å². The zero-order valence-electron chi connectivity index (χ0n) is 13.5. The first-order chi connectivity index (χ1) is 10.5. The monoisotopic (exact) mass is 298 g/mol. The molecule has 0 heterocycles. The van der Waals surface area contributed by atoms with Crippen LogP contribution in [0.5, 0.6) is 5.75 Å². The molecule has 0 bridgehead atoms. The molecule has 0 unspecified atom stereocenters. The van der Waals surface area contributed by atoms with Crippen molar-refractivity contribution < 1.29 is 9.53 Å². The lowest BCUT2D eigenvalue weighted by atomic mass is 10.1. The highest BCUT2D eigenvalue weighted by molar-refractivity contribution is 5.90. The Bertz CT molecular complexity index is 681. The topological polar surface area (TPSA) is 50.4 Å². The van der Waals surface area contributed by atoms with E-state index in [-0.39, 0.29) is 12.8 Å². The van der Waals surface area contributed by atoms with Crippen LogP contribution in [0.1, 0.15) is 22.3 Å². The second kappa shape index (κ2) is 6.98. The fourth-order valence-electron chi connectivity index (χ4n) is 2.10. The van der Waals surface area contributed by atoms with Crippen molar-refractivity contribution in [3.05, 3.63) is 58.7 Å². The van der Waals surface area contributed by atoms with Crippen LogP contribution in [0.3, 0.4) is 0 Å². The second-order valence-corrected chi connectivity index (χ2v) is 5.44. The van der Waals surface area contributed by atoms with Crippen LogP contribution in [0.15, 0.2) is 36.4 Å². The van der Waals surface area contributed by atoms with Crippen LogP contribution in [0.2, 0.25) is 0 Å². The number of carbonyl (C=O) groups excluding carboxylic acids is 1. The van der Waals surface area contributed by atoms with E-state index in [0.29, 0.717) is 0 Å². The minimum absolute atomic E-state index is 0.126. The van der Waals surface area contributed by atoms with E-state index in [1.807, 2.05) is 64.1 Å². The first-order valence-electron chi connectivity index (χ1n) is 7.28. The summed E-state index contributed by atoms with van der Waals surface area (Å²) in [6, 6.07) is 11.5. The number of urea groups is 1. The summed E-state index contributed by atoms with van der Waals surface area (Å²) >= 11 is 0. The fourth-order valence-corrected chi connectivity index (χ4v) is 2.10. The molecule has 0 aliphatic rings. The molecule has 0 saturated carbocycles. The van der Waals surface area contributed by atoms with Gasteiger partial charge in [-0.15, -0.1) is 0 Å². The lowest BCUT2D eigenvalue weighted by Crippen LogP contribution is -2.32. The first kappa shape index (κ1) is 15.9. The molecule has 2 aromatic rings. The third-order valence-electron chi connectivity index (χ3n) is 3.66. The minimum atomic E-state index is -0.279. The molecule has 4 nitrogen and oxygen atoms in total. The predicted molar refractivity (Wildman–Crippen MR) is 89.5 cm³/mol. The Labute approximate surface area is 131 Å². The van der Waals surface area contributed by atoms with Crippen LogP contribution >= 0.6 is 0 Å². The third kappa shape index (κ3) is 4.01. The molecule has 2 amide bonds. The van der Waals surface area contributed by atoms with Gasteiger partial charge < -0.3 is 15.4 Å². The summed E-state index contributed by atoms with van der Waals surface area (Å²) in [5.74, 6) is 0.784. The zero-order valence-corrected chi connectivity index (χ0v) is 13.5. The van der Waals surface area contributed by atoms with E-state index in [1.54, 1.807) is 0 Å². The van der Waals surface area contributed by atoms with E-state index in [2.05, 4.69) is 10.6 Å². The van der Waals surface area contributed by atoms with Crippen LogP contribution in [0.4, 0.5) is 10.5 Å². The Morgan fingerprint density at radius 3 is 2.59 bits per heavy atom. The molecule has 2 rings (SSSR count).